The second-order valence-electron chi connectivity index (χ2n) is 7.83. The predicted molar refractivity (Wildman–Crippen MR) is 128 cm³/mol. The summed E-state index contributed by atoms with van der Waals surface area (Å²) in [5.41, 5.74) is 3.30. The Balaban J connectivity index is 1.29. The van der Waals surface area contributed by atoms with Gasteiger partial charge < -0.3 is 9.88 Å². The molecule has 0 atom stereocenters. The van der Waals surface area contributed by atoms with Gasteiger partial charge in [0.2, 0.25) is 5.91 Å². The smallest absolute Gasteiger partial charge is 0.230 e. The predicted octanol–water partition coefficient (Wildman–Crippen LogP) is 5.63. The largest absolute Gasteiger partial charge is 0.326 e. The van der Waals surface area contributed by atoms with Crippen LogP contribution in [0.3, 0.4) is 0 Å². The van der Waals surface area contributed by atoms with E-state index in [1.807, 2.05) is 53.9 Å². The Hall–Kier alpha value is -3.03. The average Bonchev–Trinajstić information content (AvgIpc) is 3.35. The van der Waals surface area contributed by atoms with Crippen molar-refractivity contribution in [3.8, 4) is 22.0 Å². The highest BCUT2D eigenvalue weighted by Crippen LogP contribution is 2.30. The van der Waals surface area contributed by atoms with Gasteiger partial charge in [-0.1, -0.05) is 48.4 Å². The molecule has 0 spiro atoms. The van der Waals surface area contributed by atoms with Crippen LogP contribution < -0.4 is 5.32 Å². The maximum absolute atomic E-state index is 12.7. The van der Waals surface area contributed by atoms with Gasteiger partial charge >= 0.3 is 0 Å². The van der Waals surface area contributed by atoms with E-state index in [0.717, 1.165) is 65.0 Å². The number of hydrogen-bond donors (Lipinski definition) is 1. The molecule has 0 saturated carbocycles. The molecule has 1 aliphatic heterocycles. The Labute approximate surface area is 195 Å². The second kappa shape index (κ2) is 9.22. The lowest BCUT2D eigenvalue weighted by Gasteiger charge is -2.09. The Kier molecular flexibility index (Phi) is 6.01. The molecule has 4 aromatic rings. The third-order valence-electron chi connectivity index (χ3n) is 5.51. The molecule has 0 bridgehead atoms. The number of amides is 1. The molecular formula is C24H22ClN5OS. The fourth-order valence-electron chi connectivity index (χ4n) is 3.95. The maximum Gasteiger partial charge on any atom is 0.230 e. The molecule has 8 heteroatoms. The van der Waals surface area contributed by atoms with Crippen LogP contribution in [0.15, 0.2) is 53.9 Å². The molecule has 0 unspecified atom stereocenters. The number of hydrogen-bond acceptors (Lipinski definition) is 5. The number of anilines is 1. The van der Waals surface area contributed by atoms with Crippen LogP contribution in [0.1, 0.15) is 30.8 Å². The van der Waals surface area contributed by atoms with Crippen LogP contribution in [0, 0.1) is 0 Å². The van der Waals surface area contributed by atoms with E-state index in [4.69, 9.17) is 11.6 Å². The van der Waals surface area contributed by atoms with Crippen molar-refractivity contribution in [2.45, 2.75) is 38.6 Å². The zero-order valence-electron chi connectivity index (χ0n) is 17.4. The van der Waals surface area contributed by atoms with Crippen molar-refractivity contribution in [2.75, 3.05) is 5.32 Å². The van der Waals surface area contributed by atoms with Gasteiger partial charge in [0.1, 0.15) is 10.8 Å². The zero-order chi connectivity index (χ0) is 21.9. The van der Waals surface area contributed by atoms with E-state index < -0.39 is 0 Å². The Morgan fingerprint density at radius 3 is 2.91 bits per heavy atom. The van der Waals surface area contributed by atoms with Crippen LogP contribution in [-0.4, -0.2) is 25.7 Å². The van der Waals surface area contributed by atoms with E-state index in [0.29, 0.717) is 5.02 Å². The number of halogens is 1. The maximum atomic E-state index is 12.7. The van der Waals surface area contributed by atoms with Gasteiger partial charge in [-0.05, 0) is 31.0 Å². The molecule has 0 radical (unpaired) electrons. The molecule has 1 amide bonds. The summed E-state index contributed by atoms with van der Waals surface area (Å²) in [6.45, 7) is 0.936. The summed E-state index contributed by atoms with van der Waals surface area (Å²) in [6.07, 6.45) is 4.67. The summed E-state index contributed by atoms with van der Waals surface area (Å²) in [5, 5.41) is 15.2. The fourth-order valence-corrected chi connectivity index (χ4v) is 5.09. The van der Waals surface area contributed by atoms with Crippen molar-refractivity contribution < 1.29 is 4.79 Å². The summed E-state index contributed by atoms with van der Waals surface area (Å²) >= 11 is 7.75. The standard InChI is InChI=1S/C24H22ClN5OS/c25-20-10-4-3-9-19(20)24-27-18(15-32-24)14-22(31)26-17-8-6-7-16(13-17)23-29-28-21-11-2-1-5-12-30(21)23/h3-4,6-10,13,15H,1-2,5,11-12,14H2,(H,26,31). The minimum absolute atomic E-state index is 0.113. The van der Waals surface area contributed by atoms with Crippen LogP contribution in [0.5, 0.6) is 0 Å². The summed E-state index contributed by atoms with van der Waals surface area (Å²) in [4.78, 5) is 17.3. The number of thiazole rings is 1. The van der Waals surface area contributed by atoms with Crippen LogP contribution in [0.25, 0.3) is 22.0 Å². The molecule has 1 aliphatic rings. The van der Waals surface area contributed by atoms with Crippen LogP contribution in [0.4, 0.5) is 5.69 Å². The lowest BCUT2D eigenvalue weighted by atomic mass is 10.1. The number of nitrogens with one attached hydrogen (secondary N) is 1. The van der Waals surface area contributed by atoms with Crippen molar-refractivity contribution in [2.24, 2.45) is 0 Å². The third-order valence-corrected chi connectivity index (χ3v) is 6.77. The summed E-state index contributed by atoms with van der Waals surface area (Å²) in [5.74, 6) is 1.80. The molecular weight excluding hydrogens is 442 g/mol. The minimum Gasteiger partial charge on any atom is -0.326 e. The van der Waals surface area contributed by atoms with Gasteiger partial charge in [0.25, 0.3) is 0 Å². The van der Waals surface area contributed by atoms with E-state index in [-0.39, 0.29) is 12.3 Å². The van der Waals surface area contributed by atoms with E-state index in [1.165, 1.54) is 17.8 Å². The number of carbonyl (C=O) groups excluding carboxylic acids is 1. The van der Waals surface area contributed by atoms with E-state index in [9.17, 15) is 4.79 Å². The minimum atomic E-state index is -0.113. The normalized spacial score (nSPS) is 13.4. The average molecular weight is 464 g/mol. The molecule has 0 fully saturated rings. The van der Waals surface area contributed by atoms with Gasteiger partial charge in [0.15, 0.2) is 5.82 Å². The zero-order valence-corrected chi connectivity index (χ0v) is 19.0. The molecule has 2 aromatic carbocycles. The van der Waals surface area contributed by atoms with Gasteiger partial charge in [-0.15, -0.1) is 21.5 Å². The lowest BCUT2D eigenvalue weighted by molar-refractivity contribution is -0.115. The van der Waals surface area contributed by atoms with Crippen LogP contribution in [0.2, 0.25) is 5.02 Å². The van der Waals surface area contributed by atoms with Crippen molar-refractivity contribution >= 4 is 34.5 Å². The molecule has 3 heterocycles. The van der Waals surface area contributed by atoms with Crippen molar-refractivity contribution in [3.63, 3.8) is 0 Å². The number of benzene rings is 2. The number of carbonyl (C=O) groups is 1. The highest BCUT2D eigenvalue weighted by atomic mass is 35.5. The summed E-state index contributed by atoms with van der Waals surface area (Å²) in [7, 11) is 0. The molecule has 1 N–H and O–H groups in total. The topological polar surface area (TPSA) is 72.7 Å². The Morgan fingerprint density at radius 2 is 2.00 bits per heavy atom. The highest BCUT2D eigenvalue weighted by molar-refractivity contribution is 7.13. The molecule has 2 aromatic heterocycles. The number of aryl methyl sites for hydroxylation is 1. The number of aromatic nitrogens is 4. The summed E-state index contributed by atoms with van der Waals surface area (Å²) in [6, 6.07) is 15.4. The van der Waals surface area contributed by atoms with Gasteiger partial charge in [-0.3, -0.25) is 4.79 Å². The first kappa shape index (κ1) is 20.8. The molecule has 162 valence electrons. The first-order chi connectivity index (χ1) is 15.7. The molecule has 0 aliphatic carbocycles. The molecule has 32 heavy (non-hydrogen) atoms. The number of nitrogens with zero attached hydrogens (tertiary/aromatic N) is 4. The quantitative estimate of drug-likeness (QED) is 0.416. The first-order valence-corrected chi connectivity index (χ1v) is 11.9. The summed E-state index contributed by atoms with van der Waals surface area (Å²) < 4.78 is 2.21. The van der Waals surface area contributed by atoms with Gasteiger partial charge in [-0.2, -0.15) is 0 Å². The SMILES string of the molecule is O=C(Cc1csc(-c2ccccc2Cl)n1)Nc1cccc(-c2nnc3n2CCCCC3)c1. The number of fused-ring (bicyclic) bond motifs is 1. The van der Waals surface area contributed by atoms with Crippen LogP contribution in [-0.2, 0) is 24.2 Å². The number of rotatable bonds is 5. The highest BCUT2D eigenvalue weighted by Gasteiger charge is 2.17. The van der Waals surface area contributed by atoms with Crippen molar-refractivity contribution in [1.82, 2.24) is 19.7 Å². The van der Waals surface area contributed by atoms with Gasteiger partial charge in [-0.25, -0.2) is 4.98 Å². The Morgan fingerprint density at radius 1 is 1.09 bits per heavy atom. The monoisotopic (exact) mass is 463 g/mol. The van der Waals surface area contributed by atoms with Crippen molar-refractivity contribution in [3.05, 3.63) is 70.5 Å². The van der Waals surface area contributed by atoms with Crippen LogP contribution >= 0.6 is 22.9 Å². The lowest BCUT2D eigenvalue weighted by Crippen LogP contribution is -2.14. The molecule has 5 rings (SSSR count). The van der Waals surface area contributed by atoms with E-state index >= 15 is 0 Å². The van der Waals surface area contributed by atoms with Gasteiger partial charge in [0, 0.05) is 35.2 Å². The van der Waals surface area contributed by atoms with Crippen molar-refractivity contribution in [1.29, 1.82) is 0 Å². The second-order valence-corrected chi connectivity index (χ2v) is 9.10. The molecule has 6 nitrogen and oxygen atoms in total. The van der Waals surface area contributed by atoms with E-state index in [2.05, 4.69) is 25.1 Å². The fraction of sp³-hybridized carbons (Fsp3) is 0.250. The molecule has 0 saturated heterocycles. The first-order valence-electron chi connectivity index (χ1n) is 10.7. The third kappa shape index (κ3) is 4.45. The van der Waals surface area contributed by atoms with E-state index in [1.54, 1.807) is 0 Å². The Bertz CT molecular complexity index is 1260. The van der Waals surface area contributed by atoms with Gasteiger partial charge in [0.05, 0.1) is 17.1 Å².